The fraction of sp³-hybridized carbons (Fsp3) is 1.00. The summed E-state index contributed by atoms with van der Waals surface area (Å²) in [5, 5.41) is 177. The van der Waals surface area contributed by atoms with E-state index in [-0.39, 0.29) is 0 Å². The van der Waals surface area contributed by atoms with Gasteiger partial charge < -0.3 is 129 Å². The summed E-state index contributed by atoms with van der Waals surface area (Å²) in [7, 11) is 0. The Morgan fingerprint density at radius 3 is 0.857 bits per heavy atom. The molecule has 5 fully saturated rings. The summed E-state index contributed by atoms with van der Waals surface area (Å²) in [6, 6.07) is 0. The fourth-order valence-corrected chi connectivity index (χ4v) is 6.95. The highest BCUT2D eigenvalue weighted by Crippen LogP contribution is 2.36. The van der Waals surface area contributed by atoms with Gasteiger partial charge in [0.2, 0.25) is 0 Å². The Labute approximate surface area is 316 Å². The van der Waals surface area contributed by atoms with Gasteiger partial charge >= 0.3 is 0 Å². The molecule has 0 aliphatic carbocycles. The second-order valence-electron chi connectivity index (χ2n) is 13.9. The van der Waals surface area contributed by atoms with Crippen LogP contribution < -0.4 is 0 Å². The van der Waals surface area contributed by atoms with Crippen LogP contribution in [-0.2, 0) is 42.6 Å². The lowest BCUT2D eigenvalue weighted by molar-refractivity contribution is -0.412. The third kappa shape index (κ3) is 9.16. The monoisotopic (exact) mass is 828 g/mol. The molecule has 0 bridgehead atoms. The van der Waals surface area contributed by atoms with E-state index in [1.54, 1.807) is 0 Å². The Morgan fingerprint density at radius 2 is 0.518 bits per heavy atom. The molecular formula is C30H52O26. The molecular weight excluding hydrogens is 776 g/mol. The topological polar surface area (TPSA) is 427 Å². The number of ether oxygens (including phenoxy) is 9. The SMILES string of the molecule is OC[C@H]1O[C@H](O[C@@H]2[C@@H](O[C@@H]3[C@@H](O[C@@H]4[C@@H](O[C@H]5[C@@H](O)[C@H](O)[C@@H](CO)O[C@H]5O)O[C@H](CO)[C@@H](O)[C@@H]4O)O[C@H](CO)[C@@H](O)[C@@H]3O)O[C@H](CO)[C@@H](O)[C@@H]2O)[C@@H](O)[C@@H](O)[C@@H]1O. The lowest BCUT2D eigenvalue weighted by Crippen LogP contribution is -2.68. The predicted molar refractivity (Wildman–Crippen MR) is 167 cm³/mol. The Bertz CT molecular complexity index is 1210. The van der Waals surface area contributed by atoms with Crippen LogP contribution in [0.25, 0.3) is 0 Å². The summed E-state index contributed by atoms with van der Waals surface area (Å²) in [4.78, 5) is 0. The summed E-state index contributed by atoms with van der Waals surface area (Å²) in [5.74, 6) is 0. The van der Waals surface area contributed by atoms with E-state index in [0.29, 0.717) is 0 Å². The molecule has 328 valence electrons. The van der Waals surface area contributed by atoms with Gasteiger partial charge in [-0.1, -0.05) is 0 Å². The van der Waals surface area contributed by atoms with E-state index in [0.717, 1.165) is 0 Å². The van der Waals surface area contributed by atoms with Gasteiger partial charge in [-0.15, -0.1) is 0 Å². The smallest absolute Gasteiger partial charge is 0.187 e. The molecule has 5 aliphatic rings. The van der Waals surface area contributed by atoms with Crippen LogP contribution in [0.2, 0.25) is 0 Å². The molecule has 0 aromatic carbocycles. The molecule has 0 aromatic rings. The van der Waals surface area contributed by atoms with Crippen LogP contribution in [0.15, 0.2) is 0 Å². The Hall–Kier alpha value is -1.04. The molecule has 0 unspecified atom stereocenters. The largest absolute Gasteiger partial charge is 0.394 e. The van der Waals surface area contributed by atoms with Crippen molar-refractivity contribution in [2.45, 2.75) is 154 Å². The van der Waals surface area contributed by atoms with Crippen LogP contribution in [0.1, 0.15) is 0 Å². The van der Waals surface area contributed by atoms with E-state index in [4.69, 9.17) is 42.6 Å². The summed E-state index contributed by atoms with van der Waals surface area (Å²) >= 11 is 0. The number of hydrogen-bond acceptors (Lipinski definition) is 26. The number of hydrogen-bond donors (Lipinski definition) is 17. The number of aliphatic hydroxyl groups is 17. The zero-order valence-corrected chi connectivity index (χ0v) is 29.2. The molecule has 5 saturated heterocycles. The average molecular weight is 829 g/mol. The van der Waals surface area contributed by atoms with Crippen molar-refractivity contribution in [2.24, 2.45) is 0 Å². The van der Waals surface area contributed by atoms with Gasteiger partial charge in [0.1, 0.15) is 122 Å². The molecule has 26 heteroatoms. The lowest BCUT2D eigenvalue weighted by Gasteiger charge is -2.50. The third-order valence-corrected chi connectivity index (χ3v) is 10.3. The van der Waals surface area contributed by atoms with Gasteiger partial charge in [0.25, 0.3) is 0 Å². The van der Waals surface area contributed by atoms with Gasteiger partial charge in [0.05, 0.1) is 33.0 Å². The maximum Gasteiger partial charge on any atom is 0.187 e. The predicted octanol–water partition coefficient (Wildman–Crippen LogP) is -11.9. The Morgan fingerprint density at radius 1 is 0.268 bits per heavy atom. The quantitative estimate of drug-likeness (QED) is 0.0819. The van der Waals surface area contributed by atoms with Crippen LogP contribution in [0.3, 0.4) is 0 Å². The first-order valence-electron chi connectivity index (χ1n) is 17.6. The molecule has 0 saturated carbocycles. The molecule has 0 radical (unpaired) electrons. The minimum absolute atomic E-state index is 0.833. The van der Waals surface area contributed by atoms with E-state index in [2.05, 4.69) is 0 Å². The number of rotatable bonds is 13. The molecule has 0 amide bonds. The van der Waals surface area contributed by atoms with E-state index in [9.17, 15) is 86.8 Å². The van der Waals surface area contributed by atoms with Crippen molar-refractivity contribution < 1.29 is 129 Å². The van der Waals surface area contributed by atoms with Crippen molar-refractivity contribution in [3.63, 3.8) is 0 Å². The van der Waals surface area contributed by atoms with Crippen LogP contribution >= 0.6 is 0 Å². The van der Waals surface area contributed by atoms with Gasteiger partial charge in [-0.25, -0.2) is 0 Å². The third-order valence-electron chi connectivity index (χ3n) is 10.3. The second-order valence-corrected chi connectivity index (χ2v) is 13.9. The zero-order valence-electron chi connectivity index (χ0n) is 29.2. The van der Waals surface area contributed by atoms with Gasteiger partial charge in [0, 0.05) is 0 Å². The van der Waals surface area contributed by atoms with Crippen molar-refractivity contribution in [1.29, 1.82) is 0 Å². The normalized spacial score (nSPS) is 53.2. The molecule has 26 nitrogen and oxygen atoms in total. The van der Waals surface area contributed by atoms with Gasteiger partial charge in [-0.05, 0) is 0 Å². The molecule has 5 aliphatic heterocycles. The second kappa shape index (κ2) is 19.6. The average Bonchev–Trinajstić information content (AvgIpc) is 3.19. The van der Waals surface area contributed by atoms with E-state index >= 15 is 0 Å². The van der Waals surface area contributed by atoms with Gasteiger partial charge in [-0.2, -0.15) is 0 Å². The summed E-state index contributed by atoms with van der Waals surface area (Å²) < 4.78 is 50.2. The van der Waals surface area contributed by atoms with Crippen LogP contribution in [-0.4, -0.2) is 273 Å². The van der Waals surface area contributed by atoms with Crippen LogP contribution in [0.4, 0.5) is 0 Å². The minimum atomic E-state index is -2.16. The highest BCUT2D eigenvalue weighted by atomic mass is 16.8. The molecule has 0 spiro atoms. The zero-order chi connectivity index (χ0) is 41.3. The Balaban J connectivity index is 1.45. The molecule has 17 N–H and O–H groups in total. The van der Waals surface area contributed by atoms with Crippen molar-refractivity contribution in [3.05, 3.63) is 0 Å². The minimum Gasteiger partial charge on any atom is -0.394 e. The molecule has 5 heterocycles. The van der Waals surface area contributed by atoms with E-state index < -0.39 is 187 Å². The summed E-state index contributed by atoms with van der Waals surface area (Å²) in [6.07, 6.45) is -48.2. The summed E-state index contributed by atoms with van der Waals surface area (Å²) in [5.41, 5.74) is 0. The first-order valence-corrected chi connectivity index (χ1v) is 17.6. The van der Waals surface area contributed by atoms with Gasteiger partial charge in [-0.3, -0.25) is 0 Å². The standard InChI is InChI=1S/C30H52O26/c31-1-6-12(37)17(42)22(26(47)48-6)53-28-24(19(44)14(39)8(3-33)50-28)55-30-25(20(45)15(40)10(5-35)52-30)56-29-23(18(43)13(38)9(4-34)51-29)54-27-21(46)16(41)11(36)7(2-32)49-27/h6-47H,1-5H2/t6-,7-,8-,9-,10-,11-,12-,13-,14-,15-,16+,17+,18+,19+,20+,21+,22+,23+,24+,25+,26-,27-,28-,29-,30-/m1/s1. The lowest BCUT2D eigenvalue weighted by atomic mass is 9.95. The molecule has 56 heavy (non-hydrogen) atoms. The van der Waals surface area contributed by atoms with E-state index in [1.807, 2.05) is 0 Å². The van der Waals surface area contributed by atoms with Crippen LogP contribution in [0, 0.1) is 0 Å². The molecule has 0 aromatic heterocycles. The fourth-order valence-electron chi connectivity index (χ4n) is 6.95. The van der Waals surface area contributed by atoms with E-state index in [1.165, 1.54) is 0 Å². The molecule has 5 rings (SSSR count). The van der Waals surface area contributed by atoms with Crippen molar-refractivity contribution >= 4 is 0 Å². The highest BCUT2D eigenvalue weighted by molar-refractivity contribution is 4.98. The van der Waals surface area contributed by atoms with Crippen LogP contribution in [0.5, 0.6) is 0 Å². The first kappa shape index (κ1) is 46.0. The van der Waals surface area contributed by atoms with Crippen molar-refractivity contribution in [2.75, 3.05) is 33.0 Å². The highest BCUT2D eigenvalue weighted by Gasteiger charge is 2.57. The van der Waals surface area contributed by atoms with Crippen molar-refractivity contribution in [3.8, 4) is 0 Å². The number of aliphatic hydroxyl groups excluding tert-OH is 17. The maximum absolute atomic E-state index is 11.3. The summed E-state index contributed by atoms with van der Waals surface area (Å²) in [6.45, 7) is -4.60. The Kier molecular flexibility index (Phi) is 16.1. The first-order chi connectivity index (χ1) is 26.5. The molecule has 25 atom stereocenters. The maximum atomic E-state index is 11.3. The van der Waals surface area contributed by atoms with Crippen molar-refractivity contribution in [1.82, 2.24) is 0 Å². The van der Waals surface area contributed by atoms with Gasteiger partial charge in [0.15, 0.2) is 31.5 Å².